The maximum atomic E-state index is 8.66. The summed E-state index contributed by atoms with van der Waals surface area (Å²) in [5, 5.41) is 8.66. The van der Waals surface area contributed by atoms with Crippen molar-refractivity contribution >= 4 is 0 Å². The lowest BCUT2D eigenvalue weighted by Gasteiger charge is -2.01. The van der Waals surface area contributed by atoms with Gasteiger partial charge in [-0.1, -0.05) is 6.92 Å². The average molecular weight is 208 g/mol. The Morgan fingerprint density at radius 2 is 2.33 bits per heavy atom. The zero-order valence-corrected chi connectivity index (χ0v) is 9.44. The van der Waals surface area contributed by atoms with Gasteiger partial charge in [-0.15, -0.1) is 0 Å². The first-order valence-corrected chi connectivity index (χ1v) is 5.35. The Bertz CT molecular complexity index is 338. The lowest BCUT2D eigenvalue weighted by atomic mass is 10.4. The monoisotopic (exact) mass is 208 g/mol. The molecule has 0 atom stereocenters. The second-order valence-electron chi connectivity index (χ2n) is 3.24. The third-order valence-corrected chi connectivity index (χ3v) is 2.33. The fourth-order valence-corrected chi connectivity index (χ4v) is 1.64. The van der Waals surface area contributed by atoms with Gasteiger partial charge >= 0.3 is 0 Å². The molecule has 0 bridgehead atoms. The van der Waals surface area contributed by atoms with Crippen molar-refractivity contribution in [1.82, 2.24) is 4.57 Å². The van der Waals surface area contributed by atoms with Crippen LogP contribution in [0.25, 0.3) is 0 Å². The molecule has 0 aromatic carbocycles. The molecule has 0 fully saturated rings. The third-order valence-electron chi connectivity index (χ3n) is 2.33. The predicted molar refractivity (Wildman–Crippen MR) is 56.1 cm³/mol. The number of aromatic nitrogens is 2. The maximum Gasteiger partial charge on any atom is 0.257 e. The summed E-state index contributed by atoms with van der Waals surface area (Å²) < 4.78 is 9.44. The van der Waals surface area contributed by atoms with E-state index in [0.717, 1.165) is 26.2 Å². The van der Waals surface area contributed by atoms with Gasteiger partial charge in [0.05, 0.1) is 6.61 Å². The van der Waals surface area contributed by atoms with Gasteiger partial charge in [-0.25, -0.2) is 9.13 Å². The van der Waals surface area contributed by atoms with Crippen LogP contribution in [0.2, 0.25) is 0 Å². The van der Waals surface area contributed by atoms with Gasteiger partial charge in [-0.2, -0.15) is 5.26 Å². The number of hydrogen-bond acceptors (Lipinski definition) is 2. The standard InChI is InChI=1S/C11H18N3O/c1-3-11-13(6-5-12)7-8-14(11)9-10-15-4-2/h7-8H,3-4,6,9-10H2,1-2H3/q+1. The van der Waals surface area contributed by atoms with Crippen molar-refractivity contribution < 1.29 is 9.30 Å². The molecule has 0 aliphatic carbocycles. The Morgan fingerprint density at radius 3 is 2.93 bits per heavy atom. The van der Waals surface area contributed by atoms with Crippen LogP contribution in [0.1, 0.15) is 19.7 Å². The van der Waals surface area contributed by atoms with Crippen molar-refractivity contribution in [1.29, 1.82) is 5.26 Å². The topological polar surface area (TPSA) is 41.8 Å². The third kappa shape index (κ3) is 3.07. The molecule has 1 aromatic heterocycles. The lowest BCUT2D eigenvalue weighted by molar-refractivity contribution is -0.705. The highest BCUT2D eigenvalue weighted by molar-refractivity contribution is 4.87. The fourth-order valence-electron chi connectivity index (χ4n) is 1.64. The molecule has 4 heteroatoms. The molecule has 1 heterocycles. The van der Waals surface area contributed by atoms with Gasteiger partial charge in [-0.05, 0) is 6.92 Å². The van der Waals surface area contributed by atoms with Crippen molar-refractivity contribution in [3.63, 3.8) is 0 Å². The van der Waals surface area contributed by atoms with Crippen molar-refractivity contribution in [2.45, 2.75) is 33.4 Å². The first kappa shape index (κ1) is 11.7. The Kier molecular flexibility index (Phi) is 4.85. The van der Waals surface area contributed by atoms with Crippen LogP contribution < -0.4 is 4.57 Å². The molecule has 0 N–H and O–H groups in total. The van der Waals surface area contributed by atoms with Gasteiger partial charge in [0.15, 0.2) is 6.54 Å². The Hall–Kier alpha value is -1.34. The molecule has 1 aromatic rings. The SMILES string of the molecule is CCOCC[n+]1ccn(CC#N)c1CC. The molecule has 0 spiro atoms. The molecular weight excluding hydrogens is 190 g/mol. The molecule has 0 radical (unpaired) electrons. The summed E-state index contributed by atoms with van der Waals surface area (Å²) in [6.07, 6.45) is 4.89. The maximum absolute atomic E-state index is 8.66. The molecular formula is C11H18N3O+. The summed E-state index contributed by atoms with van der Waals surface area (Å²) in [6, 6.07) is 2.16. The zero-order chi connectivity index (χ0) is 11.1. The van der Waals surface area contributed by atoms with Crippen molar-refractivity contribution in [3.8, 4) is 6.07 Å². The minimum absolute atomic E-state index is 0.421. The molecule has 0 saturated carbocycles. The average Bonchev–Trinajstić information content (AvgIpc) is 2.62. The first-order chi connectivity index (χ1) is 7.33. The van der Waals surface area contributed by atoms with Crippen LogP contribution in [-0.2, 0) is 24.2 Å². The van der Waals surface area contributed by atoms with Crippen molar-refractivity contribution in [2.24, 2.45) is 0 Å². The van der Waals surface area contributed by atoms with E-state index in [9.17, 15) is 0 Å². The molecule has 0 unspecified atom stereocenters. The molecule has 4 nitrogen and oxygen atoms in total. The van der Waals surface area contributed by atoms with Crippen LogP contribution >= 0.6 is 0 Å². The molecule has 0 aliphatic heterocycles. The number of ether oxygens (including phenoxy) is 1. The van der Waals surface area contributed by atoms with Crippen LogP contribution in [0, 0.1) is 11.3 Å². The summed E-state index contributed by atoms with van der Waals surface area (Å²) >= 11 is 0. The summed E-state index contributed by atoms with van der Waals surface area (Å²) in [5.41, 5.74) is 0. The van der Waals surface area contributed by atoms with Gasteiger partial charge in [-0.3, -0.25) is 0 Å². The summed E-state index contributed by atoms with van der Waals surface area (Å²) in [6.45, 7) is 6.85. The van der Waals surface area contributed by atoms with E-state index in [2.05, 4.69) is 17.6 Å². The highest BCUT2D eigenvalue weighted by Crippen LogP contribution is 1.96. The molecule has 0 amide bonds. The first-order valence-electron chi connectivity index (χ1n) is 5.35. The van der Waals surface area contributed by atoms with Gasteiger partial charge in [0.25, 0.3) is 5.82 Å². The minimum Gasteiger partial charge on any atom is -0.378 e. The second kappa shape index (κ2) is 6.20. The van der Waals surface area contributed by atoms with Crippen LogP contribution in [0.15, 0.2) is 12.4 Å². The number of nitriles is 1. The van der Waals surface area contributed by atoms with Gasteiger partial charge in [0.1, 0.15) is 25.0 Å². The van der Waals surface area contributed by atoms with Crippen LogP contribution in [-0.4, -0.2) is 17.8 Å². The van der Waals surface area contributed by atoms with Crippen LogP contribution in [0.4, 0.5) is 0 Å². The van der Waals surface area contributed by atoms with Crippen molar-refractivity contribution in [2.75, 3.05) is 13.2 Å². The van der Waals surface area contributed by atoms with E-state index in [1.165, 1.54) is 5.82 Å². The Balaban J connectivity index is 2.67. The van der Waals surface area contributed by atoms with Crippen LogP contribution in [0.3, 0.4) is 0 Å². The largest absolute Gasteiger partial charge is 0.378 e. The molecule has 0 aliphatic rings. The highest BCUT2D eigenvalue weighted by Gasteiger charge is 2.13. The Morgan fingerprint density at radius 1 is 1.53 bits per heavy atom. The van der Waals surface area contributed by atoms with E-state index < -0.39 is 0 Å². The van der Waals surface area contributed by atoms with E-state index in [1.54, 1.807) is 0 Å². The van der Waals surface area contributed by atoms with Crippen molar-refractivity contribution in [3.05, 3.63) is 18.2 Å². The predicted octanol–water partition coefficient (Wildman–Crippen LogP) is 0.898. The quantitative estimate of drug-likeness (QED) is 0.515. The van der Waals surface area contributed by atoms with E-state index in [1.807, 2.05) is 23.9 Å². The minimum atomic E-state index is 0.421. The van der Waals surface area contributed by atoms with E-state index in [4.69, 9.17) is 10.00 Å². The van der Waals surface area contributed by atoms with Gasteiger partial charge in [0.2, 0.25) is 0 Å². The summed E-state index contributed by atoms with van der Waals surface area (Å²) in [7, 11) is 0. The molecule has 82 valence electrons. The number of hydrogen-bond donors (Lipinski definition) is 0. The fraction of sp³-hybridized carbons (Fsp3) is 0.636. The van der Waals surface area contributed by atoms with Gasteiger partial charge in [0, 0.05) is 13.0 Å². The smallest absolute Gasteiger partial charge is 0.257 e. The lowest BCUT2D eigenvalue weighted by Crippen LogP contribution is -2.39. The normalized spacial score (nSPS) is 10.2. The second-order valence-corrected chi connectivity index (χ2v) is 3.24. The zero-order valence-electron chi connectivity index (χ0n) is 9.44. The molecule has 0 saturated heterocycles. The number of rotatable bonds is 6. The molecule has 15 heavy (non-hydrogen) atoms. The van der Waals surface area contributed by atoms with E-state index in [-0.39, 0.29) is 0 Å². The summed E-state index contributed by atoms with van der Waals surface area (Å²) in [4.78, 5) is 0. The number of nitrogens with zero attached hydrogens (tertiary/aromatic N) is 3. The number of imidazole rings is 1. The van der Waals surface area contributed by atoms with Crippen LogP contribution in [0.5, 0.6) is 0 Å². The highest BCUT2D eigenvalue weighted by atomic mass is 16.5. The molecule has 1 rings (SSSR count). The van der Waals surface area contributed by atoms with E-state index >= 15 is 0 Å². The summed E-state index contributed by atoms with van der Waals surface area (Å²) in [5.74, 6) is 1.18. The Labute approximate surface area is 90.7 Å². The van der Waals surface area contributed by atoms with E-state index in [0.29, 0.717) is 6.54 Å². The van der Waals surface area contributed by atoms with Gasteiger partial charge < -0.3 is 4.74 Å².